The third-order valence-corrected chi connectivity index (χ3v) is 0. The summed E-state index contributed by atoms with van der Waals surface area (Å²) < 4.78 is 65.7. The molecule has 72 valence electrons. The predicted octanol–water partition coefficient (Wildman–Crippen LogP) is -1.88. The second kappa shape index (κ2) is 8.32. The molecule has 0 aromatic heterocycles. The van der Waals surface area contributed by atoms with E-state index >= 15 is 0 Å². The average Bonchev–Trinajstić information content (AvgIpc) is 1.12. The maximum absolute atomic E-state index is 8.74. The summed E-state index contributed by atoms with van der Waals surface area (Å²) in [6.45, 7) is 0. The van der Waals surface area contributed by atoms with Gasteiger partial charge in [0.25, 0.3) is 0 Å². The summed E-state index contributed by atoms with van der Waals surface area (Å²) in [6, 6.07) is 0. The Bertz CT molecular complexity index is 211. The number of hydrogen-bond acceptors (Lipinski definition) is 6. The van der Waals surface area contributed by atoms with E-state index in [9.17, 15) is 0 Å². The van der Waals surface area contributed by atoms with Crippen LogP contribution in [0.5, 0.6) is 0 Å². The van der Waals surface area contributed by atoms with E-state index in [0.29, 0.717) is 0 Å². The van der Waals surface area contributed by atoms with E-state index in [1.54, 1.807) is 0 Å². The fraction of sp³-hybridized carbons (Fsp3) is 0. The second-order valence-corrected chi connectivity index (χ2v) is 2.57. The van der Waals surface area contributed by atoms with E-state index in [4.69, 9.17) is 35.0 Å². The molecule has 0 atom stereocenters. The molecule has 8 nitrogen and oxygen atoms in total. The van der Waals surface area contributed by atoms with Gasteiger partial charge in [0.05, 0.1) is 0 Å². The van der Waals surface area contributed by atoms with Crippen molar-refractivity contribution in [1.29, 1.82) is 0 Å². The maximum atomic E-state index is 8.74. The van der Waals surface area contributed by atoms with Crippen LogP contribution in [-0.4, -0.2) is 35.0 Å². The fourth-order valence-corrected chi connectivity index (χ4v) is 0. The molecule has 0 heterocycles. The summed E-state index contributed by atoms with van der Waals surface area (Å²) in [7, 11) is -9.83. The molecule has 0 aromatic carbocycles. The molecule has 0 amide bonds. The molecule has 0 aliphatic heterocycles. The summed E-state index contributed by atoms with van der Waals surface area (Å²) in [5.41, 5.74) is 0. The van der Waals surface area contributed by atoms with E-state index in [-0.39, 0.29) is 33.0 Å². The summed E-state index contributed by atoms with van der Waals surface area (Å²) in [5, 5.41) is 0. The SMILES string of the molecule is O=S(=O)(O)O.O=S(=O)([O-])[O-].S.[Zn+2]. The standard InChI is InChI=1S/2H2O4S.H2S.Zn/c2*1-5(2,3)4;;/h2*(H2,1,2,3,4);1H2;/q;;;+2/p-2. The van der Waals surface area contributed by atoms with Gasteiger partial charge in [-0.15, -0.1) is 0 Å². The molecule has 0 aliphatic carbocycles. The van der Waals surface area contributed by atoms with Crippen LogP contribution < -0.4 is 0 Å². The van der Waals surface area contributed by atoms with E-state index in [0.717, 1.165) is 0 Å². The Hall–Kier alpha value is 0.713. The van der Waals surface area contributed by atoms with Crippen LogP contribution in [0.1, 0.15) is 0 Å². The Labute approximate surface area is 88.7 Å². The van der Waals surface area contributed by atoms with Gasteiger partial charge in [-0.2, -0.15) is 21.9 Å². The number of hydrogen-bond donors (Lipinski definition) is 2. The van der Waals surface area contributed by atoms with Crippen molar-refractivity contribution >= 4 is 34.3 Å². The molecule has 0 aromatic rings. The molecule has 0 fully saturated rings. The minimum absolute atomic E-state index is 0. The zero-order chi connectivity index (χ0) is 9.00. The molecule has 0 unspecified atom stereocenters. The van der Waals surface area contributed by atoms with Gasteiger partial charge in [0.15, 0.2) is 0 Å². The zero-order valence-corrected chi connectivity index (χ0v) is 11.0. The smallest absolute Gasteiger partial charge is 0.759 e. The molecule has 12 heavy (non-hydrogen) atoms. The Morgan fingerprint density at radius 3 is 0.917 bits per heavy atom. The first-order chi connectivity index (χ1) is 4.00. The molecular formula is H4O8S3Zn. The van der Waals surface area contributed by atoms with E-state index in [2.05, 4.69) is 0 Å². The minimum atomic E-state index is -5.17. The monoisotopic (exact) mass is 292 g/mol. The zero-order valence-electron chi connectivity index (χ0n) is 5.37. The molecule has 0 bridgehead atoms. The van der Waals surface area contributed by atoms with Gasteiger partial charge >= 0.3 is 29.9 Å². The van der Waals surface area contributed by atoms with Crippen LogP contribution in [0.2, 0.25) is 0 Å². The fourth-order valence-electron chi connectivity index (χ4n) is 0. The van der Waals surface area contributed by atoms with Crippen LogP contribution in [-0.2, 0) is 40.3 Å². The van der Waals surface area contributed by atoms with E-state index in [1.807, 2.05) is 0 Å². The van der Waals surface area contributed by atoms with Gasteiger partial charge in [-0.05, 0) is 0 Å². The molecule has 0 aliphatic rings. The van der Waals surface area contributed by atoms with Crippen molar-refractivity contribution in [2.24, 2.45) is 0 Å². The third kappa shape index (κ3) is 1990. The number of rotatable bonds is 0. The summed E-state index contributed by atoms with van der Waals surface area (Å²) in [6.07, 6.45) is 0. The molecular weight excluding hydrogens is 290 g/mol. The Balaban J connectivity index is -0.0000000457. The molecule has 0 saturated carbocycles. The van der Waals surface area contributed by atoms with Crippen LogP contribution in [0.3, 0.4) is 0 Å². The molecule has 0 rings (SSSR count). The normalized spacial score (nSPS) is 9.67. The third-order valence-electron chi connectivity index (χ3n) is 0. The topological polar surface area (TPSA) is 155 Å². The van der Waals surface area contributed by atoms with Crippen molar-refractivity contribution in [3.63, 3.8) is 0 Å². The van der Waals surface area contributed by atoms with Crippen molar-refractivity contribution in [2.75, 3.05) is 0 Å². The molecule has 0 radical (unpaired) electrons. The van der Waals surface area contributed by atoms with E-state index in [1.165, 1.54) is 0 Å². The molecule has 12 heteroatoms. The summed E-state index contributed by atoms with van der Waals surface area (Å²) in [4.78, 5) is 0. The molecule has 0 spiro atoms. The van der Waals surface area contributed by atoms with Crippen LogP contribution in [0.25, 0.3) is 0 Å². The maximum Gasteiger partial charge on any atom is 2.00 e. The summed E-state index contributed by atoms with van der Waals surface area (Å²) >= 11 is 0. The van der Waals surface area contributed by atoms with Gasteiger partial charge in [0.2, 0.25) is 0 Å². The second-order valence-electron chi connectivity index (χ2n) is 0.856. The van der Waals surface area contributed by atoms with Crippen LogP contribution in [0.15, 0.2) is 0 Å². The van der Waals surface area contributed by atoms with Gasteiger partial charge in [-0.1, -0.05) is 0 Å². The van der Waals surface area contributed by atoms with Crippen molar-refractivity contribution in [3.8, 4) is 0 Å². The van der Waals surface area contributed by atoms with Gasteiger partial charge in [-0.3, -0.25) is 17.5 Å². The van der Waals surface area contributed by atoms with Crippen LogP contribution in [0.4, 0.5) is 0 Å². The largest absolute Gasteiger partial charge is 2.00 e. The van der Waals surface area contributed by atoms with E-state index < -0.39 is 20.8 Å². The minimum Gasteiger partial charge on any atom is -0.759 e. The average molecular weight is 294 g/mol. The van der Waals surface area contributed by atoms with Gasteiger partial charge < -0.3 is 9.11 Å². The van der Waals surface area contributed by atoms with Crippen LogP contribution >= 0.6 is 13.5 Å². The van der Waals surface area contributed by atoms with Crippen molar-refractivity contribution in [1.82, 2.24) is 0 Å². The molecule has 2 N–H and O–H groups in total. The van der Waals surface area contributed by atoms with Crippen molar-refractivity contribution in [3.05, 3.63) is 0 Å². The quantitative estimate of drug-likeness (QED) is 0.298. The van der Waals surface area contributed by atoms with Crippen molar-refractivity contribution in [2.45, 2.75) is 0 Å². The molecule has 0 saturated heterocycles. The summed E-state index contributed by atoms with van der Waals surface area (Å²) in [5.74, 6) is 0. The Morgan fingerprint density at radius 1 is 0.917 bits per heavy atom. The van der Waals surface area contributed by atoms with Gasteiger partial charge in [0.1, 0.15) is 0 Å². The predicted molar refractivity (Wildman–Crippen MR) is 35.0 cm³/mol. The van der Waals surface area contributed by atoms with Gasteiger partial charge in [0, 0.05) is 10.4 Å². The Morgan fingerprint density at radius 2 is 0.917 bits per heavy atom. The first-order valence-electron chi connectivity index (χ1n) is 1.37. The first kappa shape index (κ1) is 23.0. The Kier molecular flexibility index (Phi) is 15.9. The first-order valence-corrected chi connectivity index (χ1v) is 4.10. The van der Waals surface area contributed by atoms with Crippen molar-refractivity contribution < 1.29 is 54.5 Å². The van der Waals surface area contributed by atoms with Crippen LogP contribution in [0, 0.1) is 0 Å². The van der Waals surface area contributed by atoms with Gasteiger partial charge in [-0.25, -0.2) is 0 Å².